The topological polar surface area (TPSA) is 106 Å². The van der Waals surface area contributed by atoms with Crippen molar-refractivity contribution in [3.05, 3.63) is 41.5 Å². The zero-order valence-electron chi connectivity index (χ0n) is 16.3. The highest BCUT2D eigenvalue weighted by atomic mass is 16.5. The van der Waals surface area contributed by atoms with Crippen molar-refractivity contribution in [1.29, 1.82) is 0 Å². The van der Waals surface area contributed by atoms with Crippen LogP contribution in [0.1, 0.15) is 29.9 Å². The lowest BCUT2D eigenvalue weighted by Crippen LogP contribution is -2.50. The number of ether oxygens (including phenoxy) is 3. The maximum atomic E-state index is 13.0. The molecule has 28 heavy (non-hydrogen) atoms. The fourth-order valence-corrected chi connectivity index (χ4v) is 3.32. The van der Waals surface area contributed by atoms with Crippen molar-refractivity contribution in [2.75, 3.05) is 27.9 Å². The van der Waals surface area contributed by atoms with Crippen LogP contribution in [-0.4, -0.2) is 60.8 Å². The summed E-state index contributed by atoms with van der Waals surface area (Å²) in [6, 6.07) is 3.87. The third kappa shape index (κ3) is 3.73. The number of fused-ring (bicyclic) bond motifs is 1. The number of carbonyl (C=O) groups excluding carboxylic acids is 2. The van der Waals surface area contributed by atoms with Gasteiger partial charge < -0.3 is 29.4 Å². The maximum absolute atomic E-state index is 13.0. The molecule has 0 bridgehead atoms. The number of benzene rings is 1. The van der Waals surface area contributed by atoms with Crippen LogP contribution < -0.4 is 14.8 Å². The van der Waals surface area contributed by atoms with Gasteiger partial charge in [0.15, 0.2) is 0 Å². The molecule has 0 radical (unpaired) electrons. The summed E-state index contributed by atoms with van der Waals surface area (Å²) in [6.07, 6.45) is 2.25. The molecular formula is C19H24N4O5. The largest absolute Gasteiger partial charge is 0.497 e. The van der Waals surface area contributed by atoms with E-state index >= 15 is 0 Å². The van der Waals surface area contributed by atoms with E-state index < -0.39 is 18.1 Å². The van der Waals surface area contributed by atoms with Gasteiger partial charge in [0, 0.05) is 24.7 Å². The Morgan fingerprint density at radius 2 is 1.89 bits per heavy atom. The monoisotopic (exact) mass is 388 g/mol. The number of esters is 1. The number of methoxy groups -OCH3 is 3. The van der Waals surface area contributed by atoms with Crippen molar-refractivity contribution in [3.8, 4) is 11.5 Å². The van der Waals surface area contributed by atoms with Gasteiger partial charge in [-0.05, 0) is 24.6 Å². The van der Waals surface area contributed by atoms with Crippen LogP contribution in [0.2, 0.25) is 0 Å². The molecule has 1 aromatic carbocycles. The molecule has 9 nitrogen and oxygen atoms in total. The van der Waals surface area contributed by atoms with Crippen LogP contribution in [0.5, 0.6) is 11.5 Å². The molecule has 1 aliphatic heterocycles. The Kier molecular flexibility index (Phi) is 5.72. The van der Waals surface area contributed by atoms with Crippen LogP contribution >= 0.6 is 0 Å². The summed E-state index contributed by atoms with van der Waals surface area (Å²) in [5, 5.41) is 2.69. The van der Waals surface area contributed by atoms with Crippen molar-refractivity contribution in [2.45, 2.75) is 25.4 Å². The summed E-state index contributed by atoms with van der Waals surface area (Å²) >= 11 is 0. The highest BCUT2D eigenvalue weighted by Crippen LogP contribution is 2.36. The molecule has 0 aliphatic carbocycles. The predicted octanol–water partition coefficient (Wildman–Crippen LogP) is 1.65. The molecule has 1 aromatic heterocycles. The highest BCUT2D eigenvalue weighted by Gasteiger charge is 2.35. The van der Waals surface area contributed by atoms with Gasteiger partial charge in [-0.3, -0.25) is 0 Å². The highest BCUT2D eigenvalue weighted by molar-refractivity contribution is 5.83. The van der Waals surface area contributed by atoms with Gasteiger partial charge in [0.05, 0.1) is 33.4 Å². The molecule has 0 fully saturated rings. The van der Waals surface area contributed by atoms with Crippen molar-refractivity contribution >= 4 is 12.0 Å². The van der Waals surface area contributed by atoms with Gasteiger partial charge in [0.25, 0.3) is 0 Å². The lowest BCUT2D eigenvalue weighted by molar-refractivity contribution is -0.142. The van der Waals surface area contributed by atoms with Crippen LogP contribution in [0.15, 0.2) is 24.5 Å². The average molecular weight is 388 g/mol. The Morgan fingerprint density at radius 1 is 1.21 bits per heavy atom. The van der Waals surface area contributed by atoms with Crippen LogP contribution in [0, 0.1) is 0 Å². The first-order chi connectivity index (χ1) is 13.5. The number of nitrogens with one attached hydrogen (secondary N) is 2. The number of urea groups is 1. The second kappa shape index (κ2) is 8.20. The van der Waals surface area contributed by atoms with E-state index in [0.29, 0.717) is 24.5 Å². The molecule has 1 aliphatic rings. The molecule has 0 unspecified atom stereocenters. The third-order valence-corrected chi connectivity index (χ3v) is 4.77. The molecule has 0 spiro atoms. The zero-order chi connectivity index (χ0) is 20.3. The first-order valence-electron chi connectivity index (χ1n) is 8.88. The minimum atomic E-state index is -0.765. The normalized spacial score (nSPS) is 16.7. The molecule has 2 aromatic rings. The van der Waals surface area contributed by atoms with Crippen molar-refractivity contribution in [3.63, 3.8) is 0 Å². The van der Waals surface area contributed by atoms with E-state index in [1.807, 2.05) is 12.1 Å². The Bertz CT molecular complexity index is 844. The zero-order valence-corrected chi connectivity index (χ0v) is 16.3. The van der Waals surface area contributed by atoms with Crippen molar-refractivity contribution in [2.24, 2.45) is 0 Å². The quantitative estimate of drug-likeness (QED) is 0.755. The molecular weight excluding hydrogens is 364 g/mol. The van der Waals surface area contributed by atoms with E-state index in [-0.39, 0.29) is 6.03 Å². The van der Waals surface area contributed by atoms with Crippen LogP contribution in [0.3, 0.4) is 0 Å². The number of aromatic amines is 1. The molecule has 9 heteroatoms. The second-order valence-corrected chi connectivity index (χ2v) is 6.45. The van der Waals surface area contributed by atoms with Gasteiger partial charge >= 0.3 is 12.0 Å². The number of aromatic nitrogens is 2. The van der Waals surface area contributed by atoms with Crippen LogP contribution in [0.25, 0.3) is 0 Å². The number of hydrogen-bond acceptors (Lipinski definition) is 6. The second-order valence-electron chi connectivity index (χ2n) is 6.45. The first-order valence-corrected chi connectivity index (χ1v) is 8.88. The molecule has 3 rings (SSSR count). The molecule has 0 saturated carbocycles. The summed E-state index contributed by atoms with van der Waals surface area (Å²) < 4.78 is 15.4. The number of carbonyl (C=O) groups is 2. The fourth-order valence-electron chi connectivity index (χ4n) is 3.32. The average Bonchev–Trinajstić information content (AvgIpc) is 3.20. The van der Waals surface area contributed by atoms with E-state index in [1.54, 1.807) is 38.4 Å². The Labute approximate surface area is 163 Å². The molecule has 2 atom stereocenters. The fraction of sp³-hybridized carbons (Fsp3) is 0.421. The summed E-state index contributed by atoms with van der Waals surface area (Å²) in [6.45, 7) is 2.04. The molecule has 2 amide bonds. The van der Waals surface area contributed by atoms with Gasteiger partial charge in [0.1, 0.15) is 23.6 Å². The summed E-state index contributed by atoms with van der Waals surface area (Å²) in [4.78, 5) is 33.9. The maximum Gasteiger partial charge on any atom is 0.328 e. The van der Waals surface area contributed by atoms with E-state index in [0.717, 1.165) is 17.0 Å². The summed E-state index contributed by atoms with van der Waals surface area (Å²) in [5.74, 6) is 0.714. The number of hydrogen-bond donors (Lipinski definition) is 2. The number of imidazole rings is 1. The summed E-state index contributed by atoms with van der Waals surface area (Å²) in [5.41, 5.74) is 2.52. The minimum Gasteiger partial charge on any atom is -0.497 e. The lowest BCUT2D eigenvalue weighted by atomic mass is 9.95. The van der Waals surface area contributed by atoms with Gasteiger partial charge in [0.2, 0.25) is 0 Å². The van der Waals surface area contributed by atoms with Crippen LogP contribution in [0.4, 0.5) is 4.79 Å². The number of nitrogens with zero attached hydrogens (tertiary/aromatic N) is 2. The first kappa shape index (κ1) is 19.5. The van der Waals surface area contributed by atoms with Gasteiger partial charge in [-0.15, -0.1) is 0 Å². The molecule has 2 N–H and O–H groups in total. The van der Waals surface area contributed by atoms with E-state index in [4.69, 9.17) is 14.2 Å². The summed E-state index contributed by atoms with van der Waals surface area (Å²) in [7, 11) is 4.43. The molecule has 150 valence electrons. The van der Waals surface area contributed by atoms with Gasteiger partial charge in [-0.1, -0.05) is 0 Å². The number of H-pyrrole nitrogens is 1. The van der Waals surface area contributed by atoms with Gasteiger partial charge in [-0.25, -0.2) is 14.6 Å². The Balaban J connectivity index is 1.99. The van der Waals surface area contributed by atoms with E-state index in [1.165, 1.54) is 7.11 Å². The smallest absolute Gasteiger partial charge is 0.328 e. The number of rotatable bonds is 5. The Hall–Kier alpha value is -3.23. The van der Waals surface area contributed by atoms with E-state index in [2.05, 4.69) is 15.3 Å². The van der Waals surface area contributed by atoms with Crippen molar-refractivity contribution < 1.29 is 23.8 Å². The predicted molar refractivity (Wildman–Crippen MR) is 100 cm³/mol. The third-order valence-electron chi connectivity index (χ3n) is 4.77. The minimum absolute atomic E-state index is 0.377. The van der Waals surface area contributed by atoms with Crippen molar-refractivity contribution in [1.82, 2.24) is 20.2 Å². The van der Waals surface area contributed by atoms with Crippen LogP contribution in [-0.2, 0) is 16.0 Å². The van der Waals surface area contributed by atoms with Gasteiger partial charge in [-0.2, -0.15) is 0 Å². The van der Waals surface area contributed by atoms with E-state index in [9.17, 15) is 9.59 Å². The Morgan fingerprint density at radius 3 is 2.50 bits per heavy atom. The standard InChI is InChI=1S/C19H24N4O5/c1-11(18(24)28-4)22-19(25)23-6-5-15-16(21-10-20-15)17(23)12-7-13(26-2)9-14(8-12)27-3/h7-11,17H,5-6H2,1-4H3,(H,20,21)(H,22,25)/t11-,17+/m1/s1. The molecule has 2 heterocycles. The lowest BCUT2D eigenvalue weighted by Gasteiger charge is -2.36. The SMILES string of the molecule is COC(=O)[C@@H](C)NC(=O)N1CCc2[nH]cnc2[C@@H]1c1cc(OC)cc(OC)c1. The number of amides is 2. The molecule has 0 saturated heterocycles.